The Kier molecular flexibility index (Phi) is 4.55. The minimum absolute atomic E-state index is 0.781. The summed E-state index contributed by atoms with van der Waals surface area (Å²) >= 11 is 7.68. The molecule has 0 spiro atoms. The summed E-state index contributed by atoms with van der Waals surface area (Å²) in [6.07, 6.45) is 0. The van der Waals surface area contributed by atoms with Crippen LogP contribution in [0.5, 0.6) is 0 Å². The van der Waals surface area contributed by atoms with Crippen LogP contribution in [0.4, 0.5) is 16.5 Å². The average molecular weight is 344 g/mol. The smallest absolute Gasteiger partial charge is 0.187 e. The van der Waals surface area contributed by atoms with E-state index in [0.717, 1.165) is 32.7 Å². The van der Waals surface area contributed by atoms with E-state index in [1.165, 1.54) is 5.69 Å². The predicted molar refractivity (Wildman–Crippen MR) is 101 cm³/mol. The van der Waals surface area contributed by atoms with Crippen LogP contribution >= 0.6 is 22.9 Å². The molecule has 3 nitrogen and oxygen atoms in total. The molecular formula is C18H18ClN3S. The molecule has 0 saturated carbocycles. The van der Waals surface area contributed by atoms with Gasteiger partial charge in [-0.3, -0.25) is 0 Å². The molecule has 2 aromatic carbocycles. The van der Waals surface area contributed by atoms with Crippen LogP contribution in [-0.4, -0.2) is 19.1 Å². The van der Waals surface area contributed by atoms with E-state index in [2.05, 4.69) is 50.9 Å². The van der Waals surface area contributed by atoms with Crippen molar-refractivity contribution in [2.45, 2.75) is 6.92 Å². The number of thiazole rings is 1. The molecule has 23 heavy (non-hydrogen) atoms. The van der Waals surface area contributed by atoms with Crippen LogP contribution in [0.2, 0.25) is 5.02 Å². The molecule has 0 aliphatic heterocycles. The standard InChI is InChI=1S/C18H18ClN3S/c1-12-10-13(4-9-16(12)19)17-11-23-18(21-17)20-14-5-7-15(8-6-14)22(2)3/h4-11H,1-3H3,(H,20,21). The SMILES string of the molecule is Cc1cc(-c2csc(Nc3ccc(N(C)C)cc3)n2)ccc1Cl. The maximum absolute atomic E-state index is 6.08. The molecule has 3 aromatic rings. The van der Waals surface area contributed by atoms with Gasteiger partial charge in [0.05, 0.1) is 5.69 Å². The van der Waals surface area contributed by atoms with Gasteiger partial charge in [-0.05, 0) is 48.9 Å². The summed E-state index contributed by atoms with van der Waals surface area (Å²) in [6, 6.07) is 14.3. The van der Waals surface area contributed by atoms with Crippen LogP contribution < -0.4 is 10.2 Å². The molecule has 0 radical (unpaired) electrons. The lowest BCUT2D eigenvalue weighted by Crippen LogP contribution is -2.08. The van der Waals surface area contributed by atoms with Gasteiger partial charge in [0, 0.05) is 41.4 Å². The van der Waals surface area contributed by atoms with Gasteiger partial charge in [-0.1, -0.05) is 17.7 Å². The Labute approximate surface area is 145 Å². The maximum atomic E-state index is 6.08. The highest BCUT2D eigenvalue weighted by Crippen LogP contribution is 2.29. The normalized spacial score (nSPS) is 10.6. The summed E-state index contributed by atoms with van der Waals surface area (Å²) in [4.78, 5) is 6.74. The fourth-order valence-electron chi connectivity index (χ4n) is 2.23. The first-order valence-corrected chi connectivity index (χ1v) is 8.55. The molecular weight excluding hydrogens is 326 g/mol. The number of aryl methyl sites for hydroxylation is 1. The minimum Gasteiger partial charge on any atom is -0.378 e. The van der Waals surface area contributed by atoms with E-state index in [0.29, 0.717) is 0 Å². The molecule has 0 atom stereocenters. The Morgan fingerprint density at radius 1 is 1.09 bits per heavy atom. The first-order valence-electron chi connectivity index (χ1n) is 7.29. The second-order valence-corrected chi connectivity index (χ2v) is 6.83. The highest BCUT2D eigenvalue weighted by Gasteiger charge is 2.06. The zero-order valence-corrected chi connectivity index (χ0v) is 14.9. The summed E-state index contributed by atoms with van der Waals surface area (Å²) in [5.41, 5.74) is 5.31. The van der Waals surface area contributed by atoms with Crippen molar-refractivity contribution >= 4 is 39.4 Å². The first-order chi connectivity index (χ1) is 11.0. The van der Waals surface area contributed by atoms with E-state index in [4.69, 9.17) is 11.6 Å². The van der Waals surface area contributed by atoms with Gasteiger partial charge in [0.2, 0.25) is 0 Å². The summed E-state index contributed by atoms with van der Waals surface area (Å²) in [7, 11) is 4.06. The minimum atomic E-state index is 0.781. The van der Waals surface area contributed by atoms with Gasteiger partial charge in [0.15, 0.2) is 5.13 Å². The summed E-state index contributed by atoms with van der Waals surface area (Å²) < 4.78 is 0. The number of benzene rings is 2. The average Bonchev–Trinajstić information content (AvgIpc) is 2.99. The van der Waals surface area contributed by atoms with Crippen LogP contribution in [0.1, 0.15) is 5.56 Å². The molecule has 5 heteroatoms. The predicted octanol–water partition coefficient (Wildman–Crippen LogP) is 5.58. The highest BCUT2D eigenvalue weighted by molar-refractivity contribution is 7.14. The number of anilines is 3. The van der Waals surface area contributed by atoms with Crippen molar-refractivity contribution in [3.8, 4) is 11.3 Å². The van der Waals surface area contributed by atoms with Gasteiger partial charge >= 0.3 is 0 Å². The summed E-state index contributed by atoms with van der Waals surface area (Å²) in [5, 5.41) is 7.06. The van der Waals surface area contributed by atoms with Crippen LogP contribution in [0.15, 0.2) is 47.8 Å². The molecule has 118 valence electrons. The Bertz CT molecular complexity index is 809. The quantitative estimate of drug-likeness (QED) is 0.670. The lowest BCUT2D eigenvalue weighted by Gasteiger charge is -2.12. The third-order valence-electron chi connectivity index (χ3n) is 3.59. The van der Waals surface area contributed by atoms with E-state index < -0.39 is 0 Å². The molecule has 0 aliphatic carbocycles. The first kappa shape index (κ1) is 15.8. The third-order valence-corrected chi connectivity index (χ3v) is 4.77. The third kappa shape index (κ3) is 3.66. The molecule has 0 unspecified atom stereocenters. The second-order valence-electron chi connectivity index (χ2n) is 5.57. The van der Waals surface area contributed by atoms with Crippen molar-refractivity contribution in [2.75, 3.05) is 24.3 Å². The number of hydrogen-bond donors (Lipinski definition) is 1. The summed E-state index contributed by atoms with van der Waals surface area (Å²) in [6.45, 7) is 2.00. The van der Waals surface area contributed by atoms with Crippen LogP contribution in [0, 0.1) is 6.92 Å². The molecule has 1 aromatic heterocycles. The van der Waals surface area contributed by atoms with Crippen LogP contribution in [0.25, 0.3) is 11.3 Å². The number of nitrogens with one attached hydrogen (secondary N) is 1. The molecule has 1 N–H and O–H groups in total. The number of rotatable bonds is 4. The topological polar surface area (TPSA) is 28.2 Å². The van der Waals surface area contributed by atoms with E-state index in [1.54, 1.807) is 11.3 Å². The molecule has 0 bridgehead atoms. The van der Waals surface area contributed by atoms with Gasteiger partial charge in [0.1, 0.15) is 0 Å². The highest BCUT2D eigenvalue weighted by atomic mass is 35.5. The van der Waals surface area contributed by atoms with Gasteiger partial charge in [-0.2, -0.15) is 0 Å². The monoisotopic (exact) mass is 343 g/mol. The van der Waals surface area contributed by atoms with Crippen molar-refractivity contribution in [3.63, 3.8) is 0 Å². The molecule has 0 amide bonds. The van der Waals surface area contributed by atoms with Crippen molar-refractivity contribution in [3.05, 3.63) is 58.4 Å². The van der Waals surface area contributed by atoms with E-state index >= 15 is 0 Å². The van der Waals surface area contributed by atoms with E-state index in [-0.39, 0.29) is 0 Å². The molecule has 0 saturated heterocycles. The van der Waals surface area contributed by atoms with Gasteiger partial charge in [-0.25, -0.2) is 4.98 Å². The van der Waals surface area contributed by atoms with Crippen LogP contribution in [0.3, 0.4) is 0 Å². The second kappa shape index (κ2) is 6.60. The lowest BCUT2D eigenvalue weighted by molar-refractivity contribution is 1.13. The molecule has 1 heterocycles. The summed E-state index contributed by atoms with van der Waals surface area (Å²) in [5.74, 6) is 0. The zero-order valence-electron chi connectivity index (χ0n) is 13.3. The van der Waals surface area contributed by atoms with Crippen molar-refractivity contribution in [1.29, 1.82) is 0 Å². The molecule has 0 aliphatic rings. The van der Waals surface area contributed by atoms with Gasteiger partial charge in [0.25, 0.3) is 0 Å². The Hall–Kier alpha value is -2.04. The van der Waals surface area contributed by atoms with Crippen molar-refractivity contribution in [2.24, 2.45) is 0 Å². The largest absolute Gasteiger partial charge is 0.378 e. The van der Waals surface area contributed by atoms with Crippen molar-refractivity contribution in [1.82, 2.24) is 4.98 Å². The van der Waals surface area contributed by atoms with Gasteiger partial charge < -0.3 is 10.2 Å². The molecule has 0 fully saturated rings. The van der Waals surface area contributed by atoms with Crippen molar-refractivity contribution < 1.29 is 0 Å². The van der Waals surface area contributed by atoms with Gasteiger partial charge in [-0.15, -0.1) is 11.3 Å². The number of halogens is 1. The molecule has 3 rings (SSSR count). The zero-order chi connectivity index (χ0) is 16.4. The van der Waals surface area contributed by atoms with E-state index in [1.807, 2.05) is 33.2 Å². The number of aromatic nitrogens is 1. The Morgan fingerprint density at radius 2 is 1.83 bits per heavy atom. The number of nitrogens with zero attached hydrogens (tertiary/aromatic N) is 2. The Balaban J connectivity index is 1.77. The Morgan fingerprint density at radius 3 is 2.48 bits per heavy atom. The fourth-order valence-corrected chi connectivity index (χ4v) is 3.09. The maximum Gasteiger partial charge on any atom is 0.187 e. The van der Waals surface area contributed by atoms with Crippen LogP contribution in [-0.2, 0) is 0 Å². The fraction of sp³-hybridized carbons (Fsp3) is 0.167. The lowest BCUT2D eigenvalue weighted by atomic mass is 10.1. The van der Waals surface area contributed by atoms with E-state index in [9.17, 15) is 0 Å². The number of hydrogen-bond acceptors (Lipinski definition) is 4.